The second-order valence-corrected chi connectivity index (χ2v) is 7.90. The highest BCUT2D eigenvalue weighted by Crippen LogP contribution is 2.36. The lowest BCUT2D eigenvalue weighted by Gasteiger charge is -2.24. The van der Waals surface area contributed by atoms with Crippen molar-refractivity contribution in [1.82, 2.24) is 19.9 Å². The highest BCUT2D eigenvalue weighted by Gasteiger charge is 2.25. The zero-order chi connectivity index (χ0) is 22.8. The Bertz CT molecular complexity index is 1290. The summed E-state index contributed by atoms with van der Waals surface area (Å²) in [5.74, 6) is 3.40. The predicted octanol–water partition coefficient (Wildman–Crippen LogP) is 3.09. The minimum absolute atomic E-state index is 0.0560. The van der Waals surface area contributed by atoms with Crippen LogP contribution >= 0.6 is 0 Å². The summed E-state index contributed by atoms with van der Waals surface area (Å²) < 4.78 is 17.3. The average Bonchev–Trinajstić information content (AvgIpc) is 3.28. The summed E-state index contributed by atoms with van der Waals surface area (Å²) >= 11 is 0. The first-order valence-corrected chi connectivity index (χ1v) is 10.8. The van der Waals surface area contributed by atoms with Gasteiger partial charge in [0.05, 0.1) is 37.5 Å². The van der Waals surface area contributed by atoms with Crippen molar-refractivity contribution in [2.45, 2.75) is 18.8 Å². The topological polar surface area (TPSA) is 128 Å². The number of aliphatic hydroxyl groups is 1. The second kappa shape index (κ2) is 8.95. The standard InChI is InChI=1S/C24H25N5O4/c1-31-17-3-4-20-15(10-17)9-16(13-33-20)23-27-19-11-14(18-5-6-26-24(25)28-18)12-21(22(19)29-23)32-8-2-7-30/h3-6,10-12,16,30H,2,7-9,13H2,1H3,(H,27,29)(H2,25,26,28). The van der Waals surface area contributed by atoms with E-state index in [0.29, 0.717) is 31.1 Å². The highest BCUT2D eigenvalue weighted by molar-refractivity contribution is 5.87. The Hall–Kier alpha value is -3.85. The van der Waals surface area contributed by atoms with E-state index in [9.17, 15) is 0 Å². The number of hydrogen-bond acceptors (Lipinski definition) is 8. The molecule has 1 atom stereocenters. The predicted molar refractivity (Wildman–Crippen MR) is 124 cm³/mol. The maximum absolute atomic E-state index is 9.16. The lowest BCUT2D eigenvalue weighted by molar-refractivity contribution is 0.234. The molecule has 0 bridgehead atoms. The molecule has 0 saturated heterocycles. The second-order valence-electron chi connectivity index (χ2n) is 7.90. The van der Waals surface area contributed by atoms with E-state index in [1.54, 1.807) is 19.4 Å². The van der Waals surface area contributed by atoms with Crippen molar-refractivity contribution >= 4 is 17.0 Å². The number of aromatic amines is 1. The molecule has 4 aromatic rings. The third kappa shape index (κ3) is 4.27. The monoisotopic (exact) mass is 447 g/mol. The van der Waals surface area contributed by atoms with E-state index >= 15 is 0 Å². The Balaban J connectivity index is 1.52. The van der Waals surface area contributed by atoms with Crippen LogP contribution in [0.4, 0.5) is 5.95 Å². The van der Waals surface area contributed by atoms with Crippen LogP contribution in [-0.4, -0.2) is 52.0 Å². The Labute approximate surface area is 190 Å². The minimum atomic E-state index is 0.0560. The third-order valence-electron chi connectivity index (χ3n) is 5.67. The van der Waals surface area contributed by atoms with Crippen LogP contribution in [0.3, 0.4) is 0 Å². The van der Waals surface area contributed by atoms with E-state index in [4.69, 9.17) is 30.0 Å². The van der Waals surface area contributed by atoms with Gasteiger partial charge >= 0.3 is 0 Å². The Morgan fingerprint density at radius 3 is 2.94 bits per heavy atom. The zero-order valence-electron chi connectivity index (χ0n) is 18.2. The highest BCUT2D eigenvalue weighted by atomic mass is 16.5. The fourth-order valence-electron chi connectivity index (χ4n) is 4.01. The summed E-state index contributed by atoms with van der Waals surface area (Å²) in [4.78, 5) is 16.6. The fraction of sp³-hybridized carbons (Fsp3) is 0.292. The molecule has 1 unspecified atom stereocenters. The van der Waals surface area contributed by atoms with Gasteiger partial charge in [-0.1, -0.05) is 0 Å². The van der Waals surface area contributed by atoms with E-state index in [1.807, 2.05) is 30.3 Å². The molecule has 0 saturated carbocycles. The van der Waals surface area contributed by atoms with Crippen molar-refractivity contribution in [2.75, 3.05) is 32.7 Å². The van der Waals surface area contributed by atoms with Crippen LogP contribution < -0.4 is 19.9 Å². The first-order valence-electron chi connectivity index (χ1n) is 10.8. The molecule has 33 heavy (non-hydrogen) atoms. The van der Waals surface area contributed by atoms with Crippen LogP contribution in [0.25, 0.3) is 22.3 Å². The van der Waals surface area contributed by atoms with Crippen molar-refractivity contribution in [3.05, 3.63) is 54.0 Å². The maximum atomic E-state index is 9.16. The Morgan fingerprint density at radius 2 is 2.12 bits per heavy atom. The average molecular weight is 447 g/mol. The van der Waals surface area contributed by atoms with Crippen molar-refractivity contribution in [3.63, 3.8) is 0 Å². The number of methoxy groups -OCH3 is 1. The number of imidazole rings is 1. The van der Waals surface area contributed by atoms with Crippen molar-refractivity contribution in [3.8, 4) is 28.5 Å². The zero-order valence-corrected chi connectivity index (χ0v) is 18.2. The van der Waals surface area contributed by atoms with Gasteiger partial charge in [0.2, 0.25) is 5.95 Å². The molecule has 9 nitrogen and oxygen atoms in total. The number of ether oxygens (including phenoxy) is 3. The van der Waals surface area contributed by atoms with E-state index < -0.39 is 0 Å². The SMILES string of the molecule is COc1ccc2c(c1)CC(c1nc3cc(-c4ccnc(N)n4)cc(OCCCO)c3[nH]1)CO2. The first-order chi connectivity index (χ1) is 16.1. The number of aromatic nitrogens is 4. The van der Waals surface area contributed by atoms with Crippen molar-refractivity contribution in [2.24, 2.45) is 0 Å². The van der Waals surface area contributed by atoms with Crippen LogP contribution in [0.2, 0.25) is 0 Å². The number of hydrogen-bond donors (Lipinski definition) is 3. The van der Waals surface area contributed by atoms with Gasteiger partial charge in [-0.2, -0.15) is 0 Å². The summed E-state index contributed by atoms with van der Waals surface area (Å²) in [5, 5.41) is 9.16. The van der Waals surface area contributed by atoms with Crippen molar-refractivity contribution in [1.29, 1.82) is 0 Å². The molecule has 1 aliphatic rings. The molecule has 0 amide bonds. The lowest BCUT2D eigenvalue weighted by Crippen LogP contribution is -2.20. The molecule has 3 heterocycles. The molecular formula is C24H25N5O4. The normalized spacial score (nSPS) is 15.2. The van der Waals surface area contributed by atoms with Gasteiger partial charge in [0, 0.05) is 24.8 Å². The maximum Gasteiger partial charge on any atom is 0.220 e. The van der Waals surface area contributed by atoms with Gasteiger partial charge < -0.3 is 30.0 Å². The number of H-pyrrole nitrogens is 1. The number of aliphatic hydroxyl groups excluding tert-OH is 1. The van der Waals surface area contributed by atoms with Crippen molar-refractivity contribution < 1.29 is 19.3 Å². The quantitative estimate of drug-likeness (QED) is 0.369. The van der Waals surface area contributed by atoms with Crippen LogP contribution in [0.15, 0.2) is 42.6 Å². The molecule has 4 N–H and O–H groups in total. The van der Waals surface area contributed by atoms with Gasteiger partial charge in [-0.25, -0.2) is 15.0 Å². The van der Waals surface area contributed by atoms with Crippen LogP contribution in [0.1, 0.15) is 23.7 Å². The van der Waals surface area contributed by atoms with Gasteiger partial charge in [0.1, 0.15) is 28.6 Å². The van der Waals surface area contributed by atoms with Crippen LogP contribution in [0.5, 0.6) is 17.2 Å². The fourth-order valence-corrected chi connectivity index (χ4v) is 4.01. The molecule has 0 spiro atoms. The number of nitrogens with zero attached hydrogens (tertiary/aromatic N) is 3. The molecule has 9 heteroatoms. The summed E-state index contributed by atoms with van der Waals surface area (Å²) in [6.45, 7) is 0.964. The number of nitrogens with one attached hydrogen (secondary N) is 1. The van der Waals surface area contributed by atoms with Gasteiger partial charge in [-0.05, 0) is 48.4 Å². The van der Waals surface area contributed by atoms with Gasteiger partial charge in [-0.15, -0.1) is 0 Å². The molecule has 5 rings (SSSR count). The largest absolute Gasteiger partial charge is 0.497 e. The molecular weight excluding hydrogens is 422 g/mol. The molecule has 0 fully saturated rings. The van der Waals surface area contributed by atoms with E-state index in [-0.39, 0.29) is 18.5 Å². The van der Waals surface area contributed by atoms with Crippen LogP contribution in [-0.2, 0) is 6.42 Å². The van der Waals surface area contributed by atoms with Crippen LogP contribution in [0, 0.1) is 0 Å². The lowest BCUT2D eigenvalue weighted by atomic mass is 9.96. The molecule has 0 aliphatic carbocycles. The Kier molecular flexibility index (Phi) is 5.70. The summed E-state index contributed by atoms with van der Waals surface area (Å²) in [6, 6.07) is 11.5. The van der Waals surface area contributed by atoms with Gasteiger partial charge in [0.15, 0.2) is 0 Å². The van der Waals surface area contributed by atoms with Gasteiger partial charge in [-0.3, -0.25) is 0 Å². The number of benzene rings is 2. The van der Waals surface area contributed by atoms with E-state index in [1.165, 1.54) is 0 Å². The number of rotatable bonds is 7. The minimum Gasteiger partial charge on any atom is -0.497 e. The number of anilines is 1. The summed E-state index contributed by atoms with van der Waals surface area (Å²) in [5.41, 5.74) is 9.93. The molecule has 2 aromatic carbocycles. The first kappa shape index (κ1) is 21.0. The molecule has 1 aliphatic heterocycles. The molecule has 0 radical (unpaired) electrons. The summed E-state index contributed by atoms with van der Waals surface area (Å²) in [6.07, 6.45) is 2.93. The summed E-state index contributed by atoms with van der Waals surface area (Å²) in [7, 11) is 1.66. The smallest absolute Gasteiger partial charge is 0.220 e. The van der Waals surface area contributed by atoms with E-state index in [2.05, 4.69) is 15.0 Å². The third-order valence-corrected chi connectivity index (χ3v) is 5.67. The molecule has 2 aromatic heterocycles. The van der Waals surface area contributed by atoms with Gasteiger partial charge in [0.25, 0.3) is 0 Å². The van der Waals surface area contributed by atoms with E-state index in [0.717, 1.165) is 45.9 Å². The molecule has 170 valence electrons. The number of nitrogen functional groups attached to an aromatic ring is 1. The number of fused-ring (bicyclic) bond motifs is 2. The Morgan fingerprint density at radius 1 is 1.21 bits per heavy atom. The number of nitrogens with two attached hydrogens (primary N) is 1.